The van der Waals surface area contributed by atoms with Crippen molar-refractivity contribution in [3.8, 4) is 0 Å². The molecule has 0 heterocycles. The Balaban J connectivity index is 2.62. The number of nitrogen functional groups attached to an aromatic ring is 1. The van der Waals surface area contributed by atoms with E-state index in [2.05, 4.69) is 6.92 Å². The van der Waals surface area contributed by atoms with Crippen molar-refractivity contribution in [1.29, 1.82) is 0 Å². The van der Waals surface area contributed by atoms with Crippen molar-refractivity contribution in [3.05, 3.63) is 29.3 Å². The first-order valence-electron chi connectivity index (χ1n) is 6.07. The number of anilines is 1. The van der Waals surface area contributed by atoms with Gasteiger partial charge in [0.05, 0.1) is 5.75 Å². The third kappa shape index (κ3) is 4.49. The van der Waals surface area contributed by atoms with Gasteiger partial charge >= 0.3 is 0 Å². The number of hydrogen-bond acceptors (Lipinski definition) is 3. The quantitative estimate of drug-likeness (QED) is 0.584. The molecule has 0 saturated carbocycles. The molecule has 1 aromatic carbocycles. The number of rotatable bonds is 7. The summed E-state index contributed by atoms with van der Waals surface area (Å²) in [4.78, 5) is 11.0. The van der Waals surface area contributed by atoms with Crippen LogP contribution in [0.25, 0.3) is 0 Å². The fraction of sp³-hybridized carbons (Fsp3) is 0.462. The van der Waals surface area contributed by atoms with Crippen molar-refractivity contribution in [2.24, 2.45) is 5.73 Å². The number of amides is 1. The van der Waals surface area contributed by atoms with Crippen LogP contribution < -0.4 is 11.5 Å². The Morgan fingerprint density at radius 2 is 2.06 bits per heavy atom. The standard InChI is InChI=1S/C13H20N2O2S/c1-2-3-4-7-18(17)9-11-6-5-10(13(15)16)8-12(11)14/h5-6,8H,2-4,7,9,14H2,1H3,(H2,15,16). The molecule has 0 bridgehead atoms. The molecule has 1 aromatic rings. The summed E-state index contributed by atoms with van der Waals surface area (Å²) in [5.41, 5.74) is 12.7. The Kier molecular flexibility index (Phi) is 5.85. The summed E-state index contributed by atoms with van der Waals surface area (Å²) in [5, 5.41) is 0. The molecule has 0 aliphatic heterocycles. The number of hydrogen-bond donors (Lipinski definition) is 2. The zero-order valence-corrected chi connectivity index (χ0v) is 11.5. The van der Waals surface area contributed by atoms with Gasteiger partial charge in [0.2, 0.25) is 5.91 Å². The normalized spacial score (nSPS) is 12.3. The van der Waals surface area contributed by atoms with Crippen LogP contribution in [-0.2, 0) is 16.6 Å². The van der Waals surface area contributed by atoms with Crippen LogP contribution in [0.4, 0.5) is 5.69 Å². The van der Waals surface area contributed by atoms with Crippen molar-refractivity contribution in [2.45, 2.75) is 31.9 Å². The first-order valence-corrected chi connectivity index (χ1v) is 7.56. The molecule has 0 saturated heterocycles. The second-order valence-electron chi connectivity index (χ2n) is 4.27. The molecule has 1 amide bonds. The minimum absolute atomic E-state index is 0.382. The van der Waals surface area contributed by atoms with Gasteiger partial charge in [0.15, 0.2) is 0 Å². The zero-order valence-electron chi connectivity index (χ0n) is 10.6. The summed E-state index contributed by atoms with van der Waals surface area (Å²) in [7, 11) is -0.896. The number of carbonyl (C=O) groups excluding carboxylic acids is 1. The van der Waals surface area contributed by atoms with Crippen molar-refractivity contribution in [2.75, 3.05) is 11.5 Å². The van der Waals surface area contributed by atoms with E-state index in [1.165, 1.54) is 0 Å². The molecule has 4 nitrogen and oxygen atoms in total. The highest BCUT2D eigenvalue weighted by atomic mass is 32.2. The molecule has 5 heteroatoms. The van der Waals surface area contributed by atoms with Crippen LogP contribution in [0.3, 0.4) is 0 Å². The fourth-order valence-corrected chi connectivity index (χ4v) is 2.92. The summed E-state index contributed by atoms with van der Waals surface area (Å²) in [6.45, 7) is 2.11. The maximum Gasteiger partial charge on any atom is 0.248 e. The highest BCUT2D eigenvalue weighted by molar-refractivity contribution is 7.84. The van der Waals surface area contributed by atoms with E-state index in [-0.39, 0.29) is 0 Å². The number of benzene rings is 1. The number of unbranched alkanes of at least 4 members (excludes halogenated alkanes) is 2. The van der Waals surface area contributed by atoms with E-state index in [9.17, 15) is 9.00 Å². The molecule has 0 spiro atoms. The lowest BCUT2D eigenvalue weighted by molar-refractivity contribution is 0.100. The lowest BCUT2D eigenvalue weighted by Gasteiger charge is -2.07. The summed E-state index contributed by atoms with van der Waals surface area (Å²) >= 11 is 0. The van der Waals surface area contributed by atoms with Crippen LogP contribution in [0.5, 0.6) is 0 Å². The lowest BCUT2D eigenvalue weighted by atomic mass is 10.1. The van der Waals surface area contributed by atoms with Crippen molar-refractivity contribution in [3.63, 3.8) is 0 Å². The third-order valence-corrected chi connectivity index (χ3v) is 4.10. The van der Waals surface area contributed by atoms with E-state index in [4.69, 9.17) is 11.5 Å². The van der Waals surface area contributed by atoms with Gasteiger partial charge in [-0.1, -0.05) is 25.8 Å². The van der Waals surface area contributed by atoms with Gasteiger partial charge in [-0.25, -0.2) is 0 Å². The molecular weight excluding hydrogens is 248 g/mol. The monoisotopic (exact) mass is 268 g/mol. The molecule has 1 unspecified atom stereocenters. The van der Waals surface area contributed by atoms with Crippen LogP contribution in [0.2, 0.25) is 0 Å². The van der Waals surface area contributed by atoms with Gasteiger partial charge in [0, 0.05) is 27.8 Å². The van der Waals surface area contributed by atoms with Crippen molar-refractivity contribution < 1.29 is 9.00 Å². The molecule has 18 heavy (non-hydrogen) atoms. The van der Waals surface area contributed by atoms with Crippen LogP contribution in [0, 0.1) is 0 Å². The van der Waals surface area contributed by atoms with Gasteiger partial charge in [-0.2, -0.15) is 0 Å². The van der Waals surface area contributed by atoms with E-state index in [1.54, 1.807) is 18.2 Å². The Morgan fingerprint density at radius 3 is 2.61 bits per heavy atom. The summed E-state index contributed by atoms with van der Waals surface area (Å²) in [5.74, 6) is 0.636. The second-order valence-corrected chi connectivity index (χ2v) is 5.85. The molecule has 0 aliphatic carbocycles. The van der Waals surface area contributed by atoms with E-state index >= 15 is 0 Å². The number of carbonyl (C=O) groups is 1. The molecular formula is C13H20N2O2S. The molecule has 0 radical (unpaired) electrons. The zero-order chi connectivity index (χ0) is 13.5. The first-order chi connectivity index (χ1) is 8.54. The van der Waals surface area contributed by atoms with Gasteiger partial charge < -0.3 is 11.5 Å². The molecule has 100 valence electrons. The number of nitrogens with two attached hydrogens (primary N) is 2. The summed E-state index contributed by atoms with van der Waals surface area (Å²) < 4.78 is 11.8. The van der Waals surface area contributed by atoms with Gasteiger partial charge in [-0.05, 0) is 24.1 Å². The Bertz CT molecular complexity index is 447. The smallest absolute Gasteiger partial charge is 0.248 e. The Hall–Kier alpha value is -1.36. The van der Waals surface area contributed by atoms with Gasteiger partial charge in [-0.3, -0.25) is 9.00 Å². The predicted molar refractivity (Wildman–Crippen MR) is 75.6 cm³/mol. The number of primary amides is 1. The minimum atomic E-state index is -0.896. The average Bonchev–Trinajstić information content (AvgIpc) is 2.32. The summed E-state index contributed by atoms with van der Waals surface area (Å²) in [6, 6.07) is 4.89. The minimum Gasteiger partial charge on any atom is -0.398 e. The molecule has 1 atom stereocenters. The molecule has 4 N–H and O–H groups in total. The maximum atomic E-state index is 11.8. The maximum absolute atomic E-state index is 11.8. The van der Waals surface area contributed by atoms with Crippen molar-refractivity contribution >= 4 is 22.4 Å². The second kappa shape index (κ2) is 7.16. The SMILES string of the molecule is CCCCCS(=O)Cc1ccc(C(N)=O)cc1N. The van der Waals surface area contributed by atoms with Gasteiger partial charge in [0.1, 0.15) is 0 Å². The van der Waals surface area contributed by atoms with Gasteiger partial charge in [-0.15, -0.1) is 0 Å². The van der Waals surface area contributed by atoms with Crippen LogP contribution in [0.15, 0.2) is 18.2 Å². The third-order valence-electron chi connectivity index (χ3n) is 2.72. The molecule has 0 aromatic heterocycles. The summed E-state index contributed by atoms with van der Waals surface area (Å²) in [6.07, 6.45) is 3.19. The largest absolute Gasteiger partial charge is 0.398 e. The molecule has 0 aliphatic rings. The average molecular weight is 268 g/mol. The van der Waals surface area contributed by atoms with Crippen LogP contribution in [0.1, 0.15) is 42.1 Å². The van der Waals surface area contributed by atoms with E-state index in [0.717, 1.165) is 24.8 Å². The van der Waals surface area contributed by atoms with Crippen LogP contribution >= 0.6 is 0 Å². The molecule has 0 fully saturated rings. The lowest BCUT2D eigenvalue weighted by Crippen LogP contribution is -2.12. The Labute approximate surface area is 110 Å². The molecule has 1 rings (SSSR count). The van der Waals surface area contributed by atoms with E-state index < -0.39 is 16.7 Å². The predicted octanol–water partition coefficient (Wildman–Crippen LogP) is 1.81. The Morgan fingerprint density at radius 1 is 1.33 bits per heavy atom. The van der Waals surface area contributed by atoms with E-state index in [1.807, 2.05) is 0 Å². The van der Waals surface area contributed by atoms with E-state index in [0.29, 0.717) is 22.8 Å². The van der Waals surface area contributed by atoms with Crippen LogP contribution in [-0.4, -0.2) is 15.9 Å². The highest BCUT2D eigenvalue weighted by Gasteiger charge is 2.08. The highest BCUT2D eigenvalue weighted by Crippen LogP contribution is 2.16. The topological polar surface area (TPSA) is 86.2 Å². The fourth-order valence-electron chi connectivity index (χ4n) is 1.64. The first kappa shape index (κ1) is 14.7. The van der Waals surface area contributed by atoms with Gasteiger partial charge in [0.25, 0.3) is 0 Å². The van der Waals surface area contributed by atoms with Crippen molar-refractivity contribution in [1.82, 2.24) is 0 Å².